The van der Waals surface area contributed by atoms with Crippen molar-refractivity contribution in [3.8, 4) is 0 Å². The van der Waals surface area contributed by atoms with Gasteiger partial charge in [0, 0.05) is 50.6 Å². The molecule has 0 unspecified atom stereocenters. The number of carbonyl (C=O) groups is 1. The minimum atomic E-state index is -0.431. The number of benzene rings is 1. The molecule has 1 aromatic heterocycles. The highest BCUT2D eigenvalue weighted by atomic mass is 16.6. The Hall–Kier alpha value is -2.96. The van der Waals surface area contributed by atoms with Crippen molar-refractivity contribution < 1.29 is 9.72 Å². The second-order valence-corrected chi connectivity index (χ2v) is 6.04. The summed E-state index contributed by atoms with van der Waals surface area (Å²) in [5.41, 5.74) is 2.81. The molecule has 2 rings (SSSR count). The molecule has 1 aromatic carbocycles. The van der Waals surface area contributed by atoms with Gasteiger partial charge >= 0.3 is 0 Å². The Morgan fingerprint density at radius 2 is 1.80 bits per heavy atom. The van der Waals surface area contributed by atoms with E-state index in [1.54, 1.807) is 24.1 Å². The molecule has 0 saturated carbocycles. The molecule has 0 aliphatic rings. The van der Waals surface area contributed by atoms with Crippen LogP contribution < -0.4 is 9.80 Å². The van der Waals surface area contributed by atoms with Gasteiger partial charge in [-0.1, -0.05) is 0 Å². The molecule has 7 heteroatoms. The standard InChI is InChI=1S/C18H22N4O3/c1-13-11-14(2)19-17(12-13)21(4)18(23)9-10-20(3)15-5-7-16(8-6-15)22(24)25/h5-8,11-12H,9-10H2,1-4H3. The van der Waals surface area contributed by atoms with Crippen LogP contribution in [0.2, 0.25) is 0 Å². The number of rotatable bonds is 6. The third kappa shape index (κ3) is 4.76. The summed E-state index contributed by atoms with van der Waals surface area (Å²) in [5.74, 6) is 0.603. The number of nitrogens with zero attached hydrogens (tertiary/aromatic N) is 4. The monoisotopic (exact) mass is 342 g/mol. The van der Waals surface area contributed by atoms with Crippen LogP contribution in [0.3, 0.4) is 0 Å². The largest absolute Gasteiger partial charge is 0.374 e. The van der Waals surface area contributed by atoms with E-state index in [1.165, 1.54) is 12.1 Å². The summed E-state index contributed by atoms with van der Waals surface area (Å²) in [5, 5.41) is 10.7. The maximum atomic E-state index is 12.4. The number of non-ortho nitro benzene ring substituents is 1. The molecule has 1 amide bonds. The van der Waals surface area contributed by atoms with E-state index in [-0.39, 0.29) is 11.6 Å². The number of nitro groups is 1. The summed E-state index contributed by atoms with van der Waals surface area (Å²) >= 11 is 0. The molecule has 0 aliphatic heterocycles. The maximum absolute atomic E-state index is 12.4. The second kappa shape index (κ2) is 7.74. The number of hydrogen-bond donors (Lipinski definition) is 0. The summed E-state index contributed by atoms with van der Waals surface area (Å²) < 4.78 is 0. The molecule has 1 heterocycles. The van der Waals surface area contributed by atoms with E-state index in [0.29, 0.717) is 18.8 Å². The first-order valence-corrected chi connectivity index (χ1v) is 7.95. The predicted molar refractivity (Wildman–Crippen MR) is 98.1 cm³/mol. The second-order valence-electron chi connectivity index (χ2n) is 6.04. The molecule has 0 saturated heterocycles. The Bertz CT molecular complexity index is 754. The zero-order chi connectivity index (χ0) is 18.6. The number of carbonyl (C=O) groups excluding carboxylic acids is 1. The van der Waals surface area contributed by atoms with Gasteiger partial charge in [0.25, 0.3) is 5.69 Å². The van der Waals surface area contributed by atoms with E-state index in [9.17, 15) is 14.9 Å². The predicted octanol–water partition coefficient (Wildman–Crippen LogP) is 3.10. The Morgan fingerprint density at radius 1 is 1.16 bits per heavy atom. The molecule has 0 radical (unpaired) electrons. The van der Waals surface area contributed by atoms with E-state index < -0.39 is 4.92 Å². The molecule has 0 atom stereocenters. The maximum Gasteiger partial charge on any atom is 0.269 e. The Morgan fingerprint density at radius 3 is 2.36 bits per heavy atom. The fourth-order valence-electron chi connectivity index (χ4n) is 2.51. The molecule has 0 spiro atoms. The summed E-state index contributed by atoms with van der Waals surface area (Å²) in [7, 11) is 3.57. The molecule has 132 valence electrons. The van der Waals surface area contributed by atoms with Gasteiger partial charge in [0.15, 0.2) is 0 Å². The van der Waals surface area contributed by atoms with Crippen molar-refractivity contribution in [1.29, 1.82) is 0 Å². The van der Waals surface area contributed by atoms with E-state index in [4.69, 9.17) is 0 Å². The summed E-state index contributed by atoms with van der Waals surface area (Å²) in [6.45, 7) is 4.38. The van der Waals surface area contributed by atoms with Gasteiger partial charge in [-0.05, 0) is 43.7 Å². The number of aromatic nitrogens is 1. The number of pyridine rings is 1. The van der Waals surface area contributed by atoms with Gasteiger partial charge in [0.2, 0.25) is 5.91 Å². The lowest BCUT2D eigenvalue weighted by Gasteiger charge is -2.22. The third-order valence-corrected chi connectivity index (χ3v) is 3.96. The van der Waals surface area contributed by atoms with Crippen LogP contribution in [-0.4, -0.2) is 36.5 Å². The van der Waals surface area contributed by atoms with Gasteiger partial charge in [0.1, 0.15) is 5.82 Å². The quantitative estimate of drug-likeness (QED) is 0.595. The highest BCUT2D eigenvalue weighted by Crippen LogP contribution is 2.19. The molecule has 25 heavy (non-hydrogen) atoms. The fraction of sp³-hybridized carbons (Fsp3) is 0.333. The lowest BCUT2D eigenvalue weighted by molar-refractivity contribution is -0.384. The fourth-order valence-corrected chi connectivity index (χ4v) is 2.51. The van der Waals surface area contributed by atoms with Crippen LogP contribution >= 0.6 is 0 Å². The lowest BCUT2D eigenvalue weighted by Crippen LogP contribution is -2.31. The Kier molecular flexibility index (Phi) is 5.69. The van der Waals surface area contributed by atoms with Gasteiger partial charge in [-0.25, -0.2) is 4.98 Å². The zero-order valence-electron chi connectivity index (χ0n) is 14.9. The van der Waals surface area contributed by atoms with Gasteiger partial charge in [0.05, 0.1) is 4.92 Å². The first kappa shape index (κ1) is 18.4. The average Bonchev–Trinajstić information content (AvgIpc) is 2.57. The molecular weight excluding hydrogens is 320 g/mol. The summed E-state index contributed by atoms with van der Waals surface area (Å²) in [6, 6.07) is 10.1. The normalized spacial score (nSPS) is 10.4. The van der Waals surface area contributed by atoms with Crippen molar-refractivity contribution >= 4 is 23.1 Å². The minimum Gasteiger partial charge on any atom is -0.374 e. The Balaban J connectivity index is 1.97. The summed E-state index contributed by atoms with van der Waals surface area (Å²) in [6.07, 6.45) is 0.318. The van der Waals surface area contributed by atoms with Crippen molar-refractivity contribution in [3.63, 3.8) is 0 Å². The number of nitro benzene ring substituents is 1. The SMILES string of the molecule is Cc1cc(C)nc(N(C)C(=O)CCN(C)c2ccc([N+](=O)[O-])cc2)c1. The highest BCUT2D eigenvalue weighted by molar-refractivity contribution is 5.92. The first-order valence-electron chi connectivity index (χ1n) is 7.95. The molecule has 7 nitrogen and oxygen atoms in total. The lowest BCUT2D eigenvalue weighted by atomic mass is 10.2. The van der Waals surface area contributed by atoms with Crippen molar-refractivity contribution in [2.45, 2.75) is 20.3 Å². The third-order valence-electron chi connectivity index (χ3n) is 3.96. The molecule has 2 aromatic rings. The van der Waals surface area contributed by atoms with Crippen LogP contribution in [-0.2, 0) is 4.79 Å². The smallest absolute Gasteiger partial charge is 0.269 e. The van der Waals surface area contributed by atoms with E-state index >= 15 is 0 Å². The van der Waals surface area contributed by atoms with Crippen LogP contribution in [0.5, 0.6) is 0 Å². The van der Waals surface area contributed by atoms with Gasteiger partial charge < -0.3 is 4.90 Å². The number of hydrogen-bond acceptors (Lipinski definition) is 5. The topological polar surface area (TPSA) is 79.6 Å². The molecule has 0 bridgehead atoms. The zero-order valence-corrected chi connectivity index (χ0v) is 14.9. The highest BCUT2D eigenvalue weighted by Gasteiger charge is 2.14. The molecule has 0 aliphatic carbocycles. The Labute approximate surface area is 147 Å². The number of amides is 1. The summed E-state index contributed by atoms with van der Waals surface area (Å²) in [4.78, 5) is 30.5. The first-order chi connectivity index (χ1) is 11.8. The van der Waals surface area contributed by atoms with Crippen molar-refractivity contribution in [1.82, 2.24) is 4.98 Å². The van der Waals surface area contributed by atoms with Gasteiger partial charge in [-0.15, -0.1) is 0 Å². The van der Waals surface area contributed by atoms with E-state index in [2.05, 4.69) is 4.98 Å². The van der Waals surface area contributed by atoms with Gasteiger partial charge in [-0.2, -0.15) is 0 Å². The van der Waals surface area contributed by atoms with Crippen molar-refractivity contribution in [3.05, 3.63) is 57.8 Å². The van der Waals surface area contributed by atoms with E-state index in [1.807, 2.05) is 37.9 Å². The molecule has 0 fully saturated rings. The van der Waals surface area contributed by atoms with E-state index in [0.717, 1.165) is 16.9 Å². The molecular formula is C18H22N4O3. The number of anilines is 2. The minimum absolute atomic E-state index is 0.0359. The number of aryl methyl sites for hydroxylation is 2. The van der Waals surface area contributed by atoms with Gasteiger partial charge in [-0.3, -0.25) is 19.8 Å². The van der Waals surface area contributed by atoms with Crippen molar-refractivity contribution in [2.75, 3.05) is 30.4 Å². The van der Waals surface area contributed by atoms with Crippen LogP contribution in [0.1, 0.15) is 17.7 Å². The van der Waals surface area contributed by atoms with Crippen LogP contribution in [0, 0.1) is 24.0 Å². The van der Waals surface area contributed by atoms with Crippen molar-refractivity contribution in [2.24, 2.45) is 0 Å². The van der Waals surface area contributed by atoms with Crippen LogP contribution in [0.4, 0.5) is 17.2 Å². The molecule has 0 N–H and O–H groups in total. The van der Waals surface area contributed by atoms with Crippen LogP contribution in [0.25, 0.3) is 0 Å². The van der Waals surface area contributed by atoms with Crippen LogP contribution in [0.15, 0.2) is 36.4 Å². The average molecular weight is 342 g/mol.